The number of nitrogens with zero attached hydrogens (tertiary/aromatic N) is 2. The molecule has 0 N–H and O–H groups in total. The van der Waals surface area contributed by atoms with E-state index in [9.17, 15) is 0 Å². The number of anilines is 2. The number of rotatable bonds is 10. The number of para-hydroxylation sites is 3. The van der Waals surface area contributed by atoms with Gasteiger partial charge in [-0.1, -0.05) is 84.9 Å². The molecule has 6 rings (SSSR count). The van der Waals surface area contributed by atoms with Gasteiger partial charge in [0.1, 0.15) is 6.10 Å². The van der Waals surface area contributed by atoms with Gasteiger partial charge in [-0.25, -0.2) is 0 Å². The van der Waals surface area contributed by atoms with Gasteiger partial charge in [0.15, 0.2) is 0 Å². The van der Waals surface area contributed by atoms with Crippen molar-refractivity contribution in [3.63, 3.8) is 0 Å². The summed E-state index contributed by atoms with van der Waals surface area (Å²) >= 11 is 0. The Bertz CT molecular complexity index is 1360. The van der Waals surface area contributed by atoms with E-state index in [1.807, 2.05) is 0 Å². The van der Waals surface area contributed by atoms with Crippen molar-refractivity contribution in [2.24, 2.45) is 0 Å². The molecule has 1 saturated heterocycles. The molecule has 2 heterocycles. The Balaban J connectivity index is 1.38. The molecule has 36 heavy (non-hydrogen) atoms. The van der Waals surface area contributed by atoms with E-state index in [4.69, 9.17) is 9.47 Å². The Morgan fingerprint density at radius 1 is 0.778 bits per heavy atom. The second kappa shape index (κ2) is 10.4. The summed E-state index contributed by atoms with van der Waals surface area (Å²) in [4.78, 5) is 2.35. The first-order valence-corrected chi connectivity index (χ1v) is 12.6. The monoisotopic (exact) mass is 474 g/mol. The first-order chi connectivity index (χ1) is 17.8. The van der Waals surface area contributed by atoms with Crippen LogP contribution in [0.4, 0.5) is 11.4 Å². The predicted molar refractivity (Wildman–Crippen MR) is 147 cm³/mol. The van der Waals surface area contributed by atoms with Crippen molar-refractivity contribution >= 4 is 22.3 Å². The van der Waals surface area contributed by atoms with Gasteiger partial charge in [0.05, 0.1) is 32.4 Å². The number of benzene rings is 4. The van der Waals surface area contributed by atoms with Crippen molar-refractivity contribution in [3.8, 4) is 11.3 Å². The molecular weight excluding hydrogens is 444 g/mol. The third-order valence-electron chi connectivity index (χ3n) is 6.71. The summed E-state index contributed by atoms with van der Waals surface area (Å²) in [6, 6.07) is 42.6. The molecule has 4 nitrogen and oxygen atoms in total. The Hall–Kier alpha value is -3.86. The quantitative estimate of drug-likeness (QED) is 0.206. The lowest BCUT2D eigenvalue weighted by Crippen LogP contribution is -2.35. The van der Waals surface area contributed by atoms with Crippen LogP contribution in [0.1, 0.15) is 0 Å². The average molecular weight is 475 g/mol. The molecule has 1 aromatic heterocycles. The van der Waals surface area contributed by atoms with Gasteiger partial charge in [0.25, 0.3) is 0 Å². The number of hydrogen-bond donors (Lipinski definition) is 0. The minimum Gasteiger partial charge on any atom is -0.372 e. The van der Waals surface area contributed by atoms with Crippen molar-refractivity contribution in [1.29, 1.82) is 0 Å². The molecule has 1 fully saturated rings. The number of hydrogen-bond acceptors (Lipinski definition) is 3. The number of fused-ring (bicyclic) bond motifs is 1. The molecule has 4 heteroatoms. The van der Waals surface area contributed by atoms with Crippen molar-refractivity contribution in [1.82, 2.24) is 4.57 Å². The van der Waals surface area contributed by atoms with E-state index in [1.54, 1.807) is 0 Å². The van der Waals surface area contributed by atoms with E-state index in [0.717, 1.165) is 31.1 Å². The molecule has 2 atom stereocenters. The van der Waals surface area contributed by atoms with Crippen LogP contribution in [0, 0.1) is 0 Å². The summed E-state index contributed by atoms with van der Waals surface area (Å²) in [6.45, 7) is 2.86. The van der Waals surface area contributed by atoms with Gasteiger partial charge in [0, 0.05) is 28.0 Å². The molecule has 0 spiro atoms. The van der Waals surface area contributed by atoms with Crippen molar-refractivity contribution < 1.29 is 9.47 Å². The molecule has 0 amide bonds. The minimum absolute atomic E-state index is 0.0483. The van der Waals surface area contributed by atoms with E-state index in [0.29, 0.717) is 6.61 Å². The van der Waals surface area contributed by atoms with Gasteiger partial charge in [-0.15, -0.1) is 0 Å². The maximum Gasteiger partial charge on any atom is 0.104 e. The molecule has 0 radical (unpaired) electrons. The maximum absolute atomic E-state index is 6.57. The van der Waals surface area contributed by atoms with Gasteiger partial charge in [0.2, 0.25) is 0 Å². The Labute approximate surface area is 212 Å². The largest absolute Gasteiger partial charge is 0.372 e. The topological polar surface area (TPSA) is 29.9 Å². The fourth-order valence-electron chi connectivity index (χ4n) is 4.81. The van der Waals surface area contributed by atoms with Crippen LogP contribution >= 0.6 is 0 Å². The smallest absolute Gasteiger partial charge is 0.104 e. The highest BCUT2D eigenvalue weighted by Crippen LogP contribution is 2.31. The molecule has 0 bridgehead atoms. The summed E-state index contributed by atoms with van der Waals surface area (Å²) in [5.74, 6) is 0. The Morgan fingerprint density at radius 2 is 1.36 bits per heavy atom. The van der Waals surface area contributed by atoms with Gasteiger partial charge >= 0.3 is 0 Å². The second-order valence-corrected chi connectivity index (χ2v) is 9.26. The molecule has 0 unspecified atom stereocenters. The second-order valence-electron chi connectivity index (χ2n) is 9.26. The van der Waals surface area contributed by atoms with Crippen LogP contribution < -0.4 is 4.90 Å². The number of ether oxygens (including phenoxy) is 2. The summed E-state index contributed by atoms with van der Waals surface area (Å²) in [6.07, 6.45) is 0.164. The highest BCUT2D eigenvalue weighted by Gasteiger charge is 2.26. The highest BCUT2D eigenvalue weighted by molar-refractivity contribution is 5.87. The average Bonchev–Trinajstić information content (AvgIpc) is 3.71. The third kappa shape index (κ3) is 5.06. The standard InChI is InChI=1S/C32H30N2O2/c1-4-12-25(13-5-1)32-20-26-14-10-11-19-31(26)34(32)22-29(35-23-30-24-36-30)21-33(27-15-6-2-7-16-27)28-17-8-3-9-18-28/h1-20,29-30H,21-24H2/t29-,30-/m0/s1. The fraction of sp³-hybridized carbons (Fsp3) is 0.188. The first-order valence-electron chi connectivity index (χ1n) is 12.6. The van der Waals surface area contributed by atoms with Gasteiger partial charge in [-0.2, -0.15) is 0 Å². The van der Waals surface area contributed by atoms with Crippen LogP contribution in [-0.4, -0.2) is 36.5 Å². The van der Waals surface area contributed by atoms with Crippen LogP contribution in [0.2, 0.25) is 0 Å². The summed E-state index contributed by atoms with van der Waals surface area (Å²) in [5.41, 5.74) is 5.94. The first kappa shape index (κ1) is 22.6. The summed E-state index contributed by atoms with van der Waals surface area (Å²) in [5, 5.41) is 1.24. The third-order valence-corrected chi connectivity index (χ3v) is 6.71. The van der Waals surface area contributed by atoms with Gasteiger partial charge < -0.3 is 18.9 Å². The zero-order chi connectivity index (χ0) is 24.2. The molecule has 1 aliphatic heterocycles. The summed E-state index contributed by atoms with van der Waals surface area (Å²) < 4.78 is 14.5. The van der Waals surface area contributed by atoms with Crippen LogP contribution in [0.3, 0.4) is 0 Å². The highest BCUT2D eigenvalue weighted by atomic mass is 16.6. The zero-order valence-corrected chi connectivity index (χ0v) is 20.2. The minimum atomic E-state index is -0.0483. The molecule has 0 saturated carbocycles. The lowest BCUT2D eigenvalue weighted by atomic mass is 10.1. The lowest BCUT2D eigenvalue weighted by Gasteiger charge is -2.30. The SMILES string of the molecule is c1ccc(-c2cc3ccccc3n2C[C@H](CN(c2ccccc2)c2ccccc2)OC[C@H]2CO2)cc1. The van der Waals surface area contributed by atoms with Crippen molar-refractivity contribution in [2.75, 3.05) is 24.7 Å². The lowest BCUT2D eigenvalue weighted by molar-refractivity contribution is 0.0385. The maximum atomic E-state index is 6.57. The Kier molecular flexibility index (Phi) is 6.53. The van der Waals surface area contributed by atoms with Crippen LogP contribution in [0.5, 0.6) is 0 Å². The molecule has 5 aromatic rings. The zero-order valence-electron chi connectivity index (χ0n) is 20.2. The van der Waals surface area contributed by atoms with E-state index < -0.39 is 0 Å². The molecule has 180 valence electrons. The van der Waals surface area contributed by atoms with E-state index >= 15 is 0 Å². The van der Waals surface area contributed by atoms with Crippen LogP contribution in [-0.2, 0) is 16.0 Å². The summed E-state index contributed by atoms with van der Waals surface area (Å²) in [7, 11) is 0. The predicted octanol–water partition coefficient (Wildman–Crippen LogP) is 6.93. The van der Waals surface area contributed by atoms with Gasteiger partial charge in [-0.3, -0.25) is 0 Å². The Morgan fingerprint density at radius 3 is 2.00 bits per heavy atom. The molecule has 1 aliphatic rings. The van der Waals surface area contributed by atoms with Crippen LogP contribution in [0.15, 0.2) is 121 Å². The molecule has 4 aromatic carbocycles. The number of aromatic nitrogens is 1. The van der Waals surface area contributed by atoms with E-state index in [-0.39, 0.29) is 12.2 Å². The van der Waals surface area contributed by atoms with E-state index in [1.165, 1.54) is 22.2 Å². The van der Waals surface area contributed by atoms with Crippen LogP contribution in [0.25, 0.3) is 22.2 Å². The fourth-order valence-corrected chi connectivity index (χ4v) is 4.81. The number of epoxide rings is 1. The van der Waals surface area contributed by atoms with E-state index in [2.05, 4.69) is 131 Å². The van der Waals surface area contributed by atoms with Crippen molar-refractivity contribution in [3.05, 3.63) is 121 Å². The normalized spacial score (nSPS) is 15.6. The van der Waals surface area contributed by atoms with Gasteiger partial charge in [-0.05, 0) is 42.0 Å². The van der Waals surface area contributed by atoms with Crippen molar-refractivity contribution in [2.45, 2.75) is 18.8 Å². The molecule has 0 aliphatic carbocycles. The molecular formula is C32H30N2O2.